The van der Waals surface area contributed by atoms with E-state index in [1.54, 1.807) is 12.3 Å². The maximum Gasteiger partial charge on any atom is 0.255 e. The molecule has 0 unspecified atom stereocenters. The molecule has 0 spiro atoms. The van der Waals surface area contributed by atoms with Gasteiger partial charge >= 0.3 is 0 Å². The Morgan fingerprint density at radius 3 is 2.95 bits per heavy atom. The van der Waals surface area contributed by atoms with Crippen molar-refractivity contribution in [2.45, 2.75) is 18.9 Å². The van der Waals surface area contributed by atoms with E-state index in [4.69, 9.17) is 22.1 Å². The molecule has 0 atom stereocenters. The van der Waals surface area contributed by atoms with E-state index in [0.29, 0.717) is 34.7 Å². The molecule has 0 radical (unpaired) electrons. The van der Waals surface area contributed by atoms with Crippen molar-refractivity contribution in [3.05, 3.63) is 39.8 Å². The molecular weight excluding hydrogens is 264 g/mol. The Morgan fingerprint density at radius 1 is 1.42 bits per heavy atom. The molecule has 1 fully saturated rings. The van der Waals surface area contributed by atoms with Gasteiger partial charge < -0.3 is 15.5 Å². The van der Waals surface area contributed by atoms with Crippen LogP contribution in [0.4, 0.5) is 0 Å². The Bertz CT molecular complexity index is 662. The fourth-order valence-electron chi connectivity index (χ4n) is 2.43. The standard InChI is InChI=1S/C14H15ClN2O2/c15-12-6-11-9(1-2-17-14(11)18)5-13(12)19-7-8-3-10(16)4-8/h1-2,5-6,8,10H,3-4,7,16H2,(H,17,18). The summed E-state index contributed by atoms with van der Waals surface area (Å²) < 4.78 is 5.74. The summed E-state index contributed by atoms with van der Waals surface area (Å²) >= 11 is 6.15. The number of aromatic nitrogens is 1. The summed E-state index contributed by atoms with van der Waals surface area (Å²) in [5, 5.41) is 1.87. The Hall–Kier alpha value is -1.52. The van der Waals surface area contributed by atoms with Crippen molar-refractivity contribution in [2.24, 2.45) is 11.7 Å². The fraction of sp³-hybridized carbons (Fsp3) is 0.357. The molecule has 4 nitrogen and oxygen atoms in total. The number of nitrogens with two attached hydrogens (primary N) is 1. The van der Waals surface area contributed by atoms with Crippen molar-refractivity contribution in [3.63, 3.8) is 0 Å². The average Bonchev–Trinajstić information content (AvgIpc) is 2.35. The summed E-state index contributed by atoms with van der Waals surface area (Å²) in [6, 6.07) is 5.61. The predicted molar refractivity (Wildman–Crippen MR) is 75.8 cm³/mol. The number of benzene rings is 1. The van der Waals surface area contributed by atoms with Crippen LogP contribution in [0.2, 0.25) is 5.02 Å². The molecule has 5 heteroatoms. The van der Waals surface area contributed by atoms with Gasteiger partial charge in [-0.15, -0.1) is 0 Å². The molecule has 1 heterocycles. The van der Waals surface area contributed by atoms with Gasteiger partial charge in [0.05, 0.1) is 11.6 Å². The maximum absolute atomic E-state index is 11.6. The van der Waals surface area contributed by atoms with Crippen molar-refractivity contribution in [2.75, 3.05) is 6.61 Å². The lowest BCUT2D eigenvalue weighted by atomic mass is 9.82. The summed E-state index contributed by atoms with van der Waals surface area (Å²) in [5.41, 5.74) is 5.60. The molecule has 100 valence electrons. The predicted octanol–water partition coefficient (Wildman–Crippen LogP) is 2.30. The highest BCUT2D eigenvalue weighted by atomic mass is 35.5. The summed E-state index contributed by atoms with van der Waals surface area (Å²) in [4.78, 5) is 14.3. The first-order valence-corrected chi connectivity index (χ1v) is 6.70. The summed E-state index contributed by atoms with van der Waals surface area (Å²) in [7, 11) is 0. The lowest BCUT2D eigenvalue weighted by Gasteiger charge is -2.32. The van der Waals surface area contributed by atoms with E-state index in [-0.39, 0.29) is 5.56 Å². The fourth-order valence-corrected chi connectivity index (χ4v) is 2.65. The molecule has 0 amide bonds. The molecule has 1 saturated carbocycles. The average molecular weight is 279 g/mol. The van der Waals surface area contributed by atoms with Crippen molar-refractivity contribution < 1.29 is 4.74 Å². The van der Waals surface area contributed by atoms with Gasteiger partial charge in [0, 0.05) is 17.6 Å². The van der Waals surface area contributed by atoms with Crippen molar-refractivity contribution in [1.82, 2.24) is 4.98 Å². The maximum atomic E-state index is 11.6. The molecule has 2 aromatic rings. The van der Waals surface area contributed by atoms with Crippen molar-refractivity contribution in [3.8, 4) is 5.75 Å². The Labute approximate surface area is 115 Å². The minimum Gasteiger partial charge on any atom is -0.492 e. The SMILES string of the molecule is NC1CC(COc2cc3cc[nH]c(=O)c3cc2Cl)C1. The number of fused-ring (bicyclic) bond motifs is 1. The highest BCUT2D eigenvalue weighted by Gasteiger charge is 2.26. The van der Waals surface area contributed by atoms with Gasteiger partial charge in [-0.3, -0.25) is 4.79 Å². The van der Waals surface area contributed by atoms with Crippen LogP contribution in [0, 0.1) is 5.92 Å². The third kappa shape index (κ3) is 2.46. The molecule has 0 bridgehead atoms. The molecule has 19 heavy (non-hydrogen) atoms. The van der Waals surface area contributed by atoms with Crippen molar-refractivity contribution in [1.29, 1.82) is 0 Å². The van der Waals surface area contributed by atoms with Crippen LogP contribution in [-0.2, 0) is 0 Å². The lowest BCUT2D eigenvalue weighted by molar-refractivity contribution is 0.160. The summed E-state index contributed by atoms with van der Waals surface area (Å²) in [6.07, 6.45) is 3.63. The lowest BCUT2D eigenvalue weighted by Crippen LogP contribution is -2.39. The Balaban J connectivity index is 1.83. The van der Waals surface area contributed by atoms with E-state index in [1.165, 1.54) is 0 Å². The number of aromatic amines is 1. The third-order valence-corrected chi connectivity index (χ3v) is 3.87. The molecule has 1 aromatic heterocycles. The number of hydrogen-bond donors (Lipinski definition) is 2. The largest absolute Gasteiger partial charge is 0.492 e. The third-order valence-electron chi connectivity index (χ3n) is 3.57. The Kier molecular flexibility index (Phi) is 3.21. The van der Waals surface area contributed by atoms with E-state index in [9.17, 15) is 4.79 Å². The van der Waals surface area contributed by atoms with Gasteiger partial charge in [-0.25, -0.2) is 0 Å². The van der Waals surface area contributed by atoms with E-state index >= 15 is 0 Å². The van der Waals surface area contributed by atoms with Gasteiger partial charge in [-0.05, 0) is 42.3 Å². The minimum atomic E-state index is -0.143. The number of pyridine rings is 1. The van der Waals surface area contributed by atoms with Crippen LogP contribution in [0.5, 0.6) is 5.75 Å². The molecule has 3 N–H and O–H groups in total. The molecule has 0 saturated heterocycles. The van der Waals surface area contributed by atoms with Crippen LogP contribution in [-0.4, -0.2) is 17.6 Å². The highest BCUT2D eigenvalue weighted by molar-refractivity contribution is 6.32. The smallest absolute Gasteiger partial charge is 0.255 e. The first-order chi connectivity index (χ1) is 9.13. The van der Waals surface area contributed by atoms with Gasteiger partial charge in [0.15, 0.2) is 0 Å². The van der Waals surface area contributed by atoms with Crippen LogP contribution < -0.4 is 16.0 Å². The van der Waals surface area contributed by atoms with Gasteiger partial charge in [0.2, 0.25) is 0 Å². The number of halogens is 1. The normalized spacial score (nSPS) is 22.2. The topological polar surface area (TPSA) is 68.1 Å². The highest BCUT2D eigenvalue weighted by Crippen LogP contribution is 2.31. The van der Waals surface area contributed by atoms with Crippen LogP contribution in [0.1, 0.15) is 12.8 Å². The first-order valence-electron chi connectivity index (χ1n) is 6.33. The number of rotatable bonds is 3. The second-order valence-electron chi connectivity index (χ2n) is 5.09. The van der Waals surface area contributed by atoms with E-state index in [2.05, 4.69) is 4.98 Å². The first kappa shape index (κ1) is 12.5. The van der Waals surface area contributed by atoms with Crippen LogP contribution in [0.25, 0.3) is 10.8 Å². The quantitative estimate of drug-likeness (QED) is 0.905. The van der Waals surface area contributed by atoms with E-state index in [1.807, 2.05) is 12.1 Å². The second kappa shape index (κ2) is 4.87. The van der Waals surface area contributed by atoms with Crippen LogP contribution in [0.3, 0.4) is 0 Å². The zero-order chi connectivity index (χ0) is 13.4. The number of nitrogens with one attached hydrogen (secondary N) is 1. The molecule has 0 aliphatic heterocycles. The number of hydrogen-bond acceptors (Lipinski definition) is 3. The second-order valence-corrected chi connectivity index (χ2v) is 5.49. The molecule has 3 rings (SSSR count). The molecular formula is C14H15ClN2O2. The van der Waals surface area contributed by atoms with Gasteiger partial charge in [-0.1, -0.05) is 11.6 Å². The Morgan fingerprint density at radius 2 is 2.21 bits per heavy atom. The van der Waals surface area contributed by atoms with Gasteiger partial charge in [0.1, 0.15) is 5.75 Å². The summed E-state index contributed by atoms with van der Waals surface area (Å²) in [5.74, 6) is 1.14. The van der Waals surface area contributed by atoms with Crippen LogP contribution >= 0.6 is 11.6 Å². The van der Waals surface area contributed by atoms with E-state index in [0.717, 1.165) is 18.2 Å². The van der Waals surface area contributed by atoms with Gasteiger partial charge in [-0.2, -0.15) is 0 Å². The van der Waals surface area contributed by atoms with E-state index < -0.39 is 0 Å². The van der Waals surface area contributed by atoms with Gasteiger partial charge in [0.25, 0.3) is 5.56 Å². The van der Waals surface area contributed by atoms with Crippen LogP contribution in [0.15, 0.2) is 29.2 Å². The number of H-pyrrole nitrogens is 1. The molecule has 1 aliphatic carbocycles. The zero-order valence-corrected chi connectivity index (χ0v) is 11.1. The minimum absolute atomic E-state index is 0.143. The van der Waals surface area contributed by atoms with Crippen molar-refractivity contribution >= 4 is 22.4 Å². The molecule has 1 aliphatic rings. The number of ether oxygens (including phenoxy) is 1. The molecule has 1 aromatic carbocycles. The monoisotopic (exact) mass is 278 g/mol. The zero-order valence-electron chi connectivity index (χ0n) is 10.4. The summed E-state index contributed by atoms with van der Waals surface area (Å²) in [6.45, 7) is 0.627.